The van der Waals surface area contributed by atoms with E-state index in [9.17, 15) is 21.0 Å². The molecule has 2 aliphatic carbocycles. The smallest absolute Gasteiger partial charge is 0.138 e. The Bertz CT molecular complexity index is 1820. The first-order chi connectivity index (χ1) is 21.6. The monoisotopic (exact) mass is 646 g/mol. The second kappa shape index (κ2) is 13.1. The van der Waals surface area contributed by atoms with Crippen molar-refractivity contribution >= 4 is 56.5 Å². The van der Waals surface area contributed by atoms with E-state index in [1.165, 1.54) is 48.3 Å². The Labute approximate surface area is 275 Å². The summed E-state index contributed by atoms with van der Waals surface area (Å²) in [6, 6.07) is 17.3. The van der Waals surface area contributed by atoms with Crippen LogP contribution in [0.15, 0.2) is 35.4 Å². The van der Waals surface area contributed by atoms with Crippen molar-refractivity contribution < 1.29 is 0 Å². The molecule has 4 aromatic rings. The molecule has 4 heterocycles. The maximum atomic E-state index is 9.87. The van der Waals surface area contributed by atoms with E-state index in [-0.39, 0.29) is 11.1 Å². The summed E-state index contributed by atoms with van der Waals surface area (Å²) in [5.41, 5.74) is 5.80. The number of thiophene rings is 4. The maximum Gasteiger partial charge on any atom is 0.138 e. The molecule has 0 fully saturated rings. The molecule has 2 aliphatic rings. The highest BCUT2D eigenvalue weighted by atomic mass is 32.1. The van der Waals surface area contributed by atoms with Crippen LogP contribution < -0.4 is 0 Å². The summed E-state index contributed by atoms with van der Waals surface area (Å²) in [5, 5.41) is 39.5. The summed E-state index contributed by atoms with van der Waals surface area (Å²) in [6.45, 7) is 4.44. The minimum absolute atomic E-state index is 0.158. The van der Waals surface area contributed by atoms with Gasteiger partial charge in [0, 0.05) is 52.9 Å². The van der Waals surface area contributed by atoms with Crippen molar-refractivity contribution in [3.63, 3.8) is 0 Å². The third-order valence-corrected chi connectivity index (χ3v) is 13.4. The molecule has 218 valence electrons. The first-order valence-electron chi connectivity index (χ1n) is 15.2. The van der Waals surface area contributed by atoms with E-state index < -0.39 is 0 Å². The molecular weight excluding hydrogens is 617 g/mol. The fraction of sp³-hybridized carbons (Fsp3) is 0.333. The summed E-state index contributed by atoms with van der Waals surface area (Å²) >= 11 is 7.01. The van der Waals surface area contributed by atoms with Gasteiger partial charge in [-0.3, -0.25) is 0 Å². The van der Waals surface area contributed by atoms with Gasteiger partial charge in [-0.05, 0) is 49.9 Å². The first kappa shape index (κ1) is 30.3. The van der Waals surface area contributed by atoms with Crippen LogP contribution in [0.25, 0.3) is 40.4 Å². The van der Waals surface area contributed by atoms with Crippen molar-refractivity contribution in [2.75, 3.05) is 0 Å². The summed E-state index contributed by atoms with van der Waals surface area (Å²) in [7, 11) is 0. The van der Waals surface area contributed by atoms with E-state index >= 15 is 0 Å². The van der Waals surface area contributed by atoms with Gasteiger partial charge in [-0.25, -0.2) is 0 Å². The maximum absolute atomic E-state index is 9.87. The fourth-order valence-electron chi connectivity index (χ4n) is 6.13. The largest absolute Gasteiger partial charge is 0.192 e. The number of hydrogen-bond donors (Lipinski definition) is 0. The molecule has 8 heteroatoms. The van der Waals surface area contributed by atoms with Gasteiger partial charge in [-0.15, -0.1) is 45.3 Å². The SMILES string of the molecule is CCCCCCc1cc2c(s1)-c1sc(-c3cc4c(s3)-c3sc(CCCCCC)cc3C4=C(C#N)C#N)cc1C2=C(C#N)C#N. The number of hydrogen-bond acceptors (Lipinski definition) is 8. The number of aryl methyl sites for hydroxylation is 2. The van der Waals surface area contributed by atoms with Gasteiger partial charge in [-0.1, -0.05) is 52.4 Å². The summed E-state index contributed by atoms with van der Waals surface area (Å²) in [4.78, 5) is 9.35. The van der Waals surface area contributed by atoms with Gasteiger partial charge in [0.05, 0.1) is 19.5 Å². The Morgan fingerprint density at radius 3 is 1.23 bits per heavy atom. The lowest BCUT2D eigenvalue weighted by Crippen LogP contribution is -1.87. The Kier molecular flexibility index (Phi) is 9.00. The van der Waals surface area contributed by atoms with E-state index in [0.29, 0.717) is 0 Å². The highest BCUT2D eigenvalue weighted by molar-refractivity contribution is 7.29. The van der Waals surface area contributed by atoms with Crippen molar-refractivity contribution in [2.24, 2.45) is 0 Å². The highest BCUT2D eigenvalue weighted by Gasteiger charge is 2.35. The molecule has 0 atom stereocenters. The van der Waals surface area contributed by atoms with Crippen LogP contribution in [0.5, 0.6) is 0 Å². The topological polar surface area (TPSA) is 95.2 Å². The zero-order valence-corrected chi connectivity index (χ0v) is 28.1. The number of fused-ring (bicyclic) bond motifs is 6. The van der Waals surface area contributed by atoms with Crippen LogP contribution in [0, 0.1) is 45.3 Å². The molecule has 0 radical (unpaired) electrons. The van der Waals surface area contributed by atoms with Crippen LogP contribution in [0.3, 0.4) is 0 Å². The van der Waals surface area contributed by atoms with Crippen LogP contribution in [-0.4, -0.2) is 0 Å². The minimum Gasteiger partial charge on any atom is -0.192 e. The van der Waals surface area contributed by atoms with Gasteiger partial charge < -0.3 is 0 Å². The molecule has 0 unspecified atom stereocenters. The molecule has 0 N–H and O–H groups in total. The average molecular weight is 647 g/mol. The first-order valence-corrected chi connectivity index (χ1v) is 18.5. The molecule has 0 amide bonds. The molecule has 4 nitrogen and oxygen atoms in total. The van der Waals surface area contributed by atoms with Crippen molar-refractivity contribution in [3.05, 3.63) is 67.4 Å². The number of nitriles is 4. The third-order valence-electron chi connectivity index (χ3n) is 8.26. The summed E-state index contributed by atoms with van der Waals surface area (Å²) in [6.07, 6.45) is 11.6. The summed E-state index contributed by atoms with van der Waals surface area (Å²) < 4.78 is 0. The van der Waals surface area contributed by atoms with Gasteiger partial charge in [0.25, 0.3) is 0 Å². The molecule has 0 bridgehead atoms. The van der Waals surface area contributed by atoms with Gasteiger partial charge in [0.2, 0.25) is 0 Å². The zero-order chi connectivity index (χ0) is 30.8. The van der Waals surface area contributed by atoms with Gasteiger partial charge in [-0.2, -0.15) is 21.0 Å². The normalized spacial score (nSPS) is 12.1. The lowest BCUT2D eigenvalue weighted by molar-refractivity contribution is 0.670. The molecule has 0 spiro atoms. The van der Waals surface area contributed by atoms with Crippen LogP contribution in [0.2, 0.25) is 0 Å². The van der Waals surface area contributed by atoms with Crippen LogP contribution in [-0.2, 0) is 12.8 Å². The quantitative estimate of drug-likeness (QED) is 0.103. The third kappa shape index (κ3) is 5.28. The molecule has 0 saturated heterocycles. The zero-order valence-electron chi connectivity index (χ0n) is 24.8. The van der Waals surface area contributed by atoms with E-state index in [1.807, 2.05) is 0 Å². The molecule has 0 aliphatic heterocycles. The average Bonchev–Trinajstić information content (AvgIpc) is 3.86. The Hall–Kier alpha value is -3.76. The van der Waals surface area contributed by atoms with Gasteiger partial charge >= 0.3 is 0 Å². The Balaban J connectivity index is 1.40. The summed E-state index contributed by atoms with van der Waals surface area (Å²) in [5.74, 6) is 0. The van der Waals surface area contributed by atoms with Crippen molar-refractivity contribution in [1.82, 2.24) is 0 Å². The van der Waals surface area contributed by atoms with Crippen LogP contribution >= 0.6 is 45.3 Å². The molecule has 4 aromatic heterocycles. The number of unbranched alkanes of at least 4 members (excludes halogenated alkanes) is 6. The lowest BCUT2D eigenvalue weighted by atomic mass is 9.99. The van der Waals surface area contributed by atoms with Crippen molar-refractivity contribution in [3.8, 4) is 53.5 Å². The van der Waals surface area contributed by atoms with E-state index in [4.69, 9.17) is 0 Å². The minimum atomic E-state index is 0.158. The predicted octanol–water partition coefficient (Wildman–Crippen LogP) is 11.5. The van der Waals surface area contributed by atoms with Crippen molar-refractivity contribution in [1.29, 1.82) is 21.0 Å². The predicted molar refractivity (Wildman–Crippen MR) is 184 cm³/mol. The van der Waals surface area contributed by atoms with E-state index in [2.05, 4.69) is 62.4 Å². The molecule has 0 aromatic carbocycles. The van der Waals surface area contributed by atoms with Gasteiger partial charge in [0.1, 0.15) is 35.4 Å². The van der Waals surface area contributed by atoms with E-state index in [1.54, 1.807) is 45.3 Å². The number of rotatable bonds is 11. The molecule has 44 heavy (non-hydrogen) atoms. The van der Waals surface area contributed by atoms with Crippen molar-refractivity contribution in [2.45, 2.75) is 78.1 Å². The van der Waals surface area contributed by atoms with Crippen LogP contribution in [0.1, 0.15) is 97.2 Å². The number of nitrogens with zero attached hydrogens (tertiary/aromatic N) is 4. The second-order valence-electron chi connectivity index (χ2n) is 11.2. The fourth-order valence-corrected chi connectivity index (χ4v) is 11.3. The van der Waals surface area contributed by atoms with Crippen LogP contribution in [0.4, 0.5) is 0 Å². The molecule has 6 rings (SSSR count). The highest BCUT2D eigenvalue weighted by Crippen LogP contribution is 2.59. The Morgan fingerprint density at radius 2 is 0.864 bits per heavy atom. The number of allylic oxidation sites excluding steroid dienone is 2. The molecular formula is C36H30N4S4. The standard InChI is InChI=1S/C36H30N4S4/c1-3-5-7-9-11-23-13-25-31(21(17-37)18-38)27-15-29(43-35(27)33(25)41-23)30-16-28-32(22(19-39)20-40)26-14-24(12-10-8-6-4-2)42-34(26)36(28)44-30/h13-16H,3-12H2,1-2H3. The molecule has 0 saturated carbocycles. The lowest BCUT2D eigenvalue weighted by Gasteiger charge is -2.01. The Morgan fingerprint density at radius 1 is 0.500 bits per heavy atom. The van der Waals surface area contributed by atoms with Gasteiger partial charge in [0.15, 0.2) is 0 Å². The second-order valence-corrected chi connectivity index (χ2v) is 15.6. The van der Waals surface area contributed by atoms with E-state index in [0.717, 1.165) is 88.3 Å².